The van der Waals surface area contributed by atoms with Crippen molar-refractivity contribution in [1.29, 1.82) is 5.26 Å². The average molecular weight is 549 g/mol. The van der Waals surface area contributed by atoms with Crippen LogP contribution in [0.5, 0.6) is 0 Å². The maximum atomic E-state index is 12.9. The van der Waals surface area contributed by atoms with Gasteiger partial charge in [-0.25, -0.2) is 0 Å². The first-order valence-electron chi connectivity index (χ1n) is 14.2. The highest BCUT2D eigenvalue weighted by Crippen LogP contribution is 2.27. The van der Waals surface area contributed by atoms with E-state index in [4.69, 9.17) is 11.0 Å². The van der Waals surface area contributed by atoms with Crippen LogP contribution in [0.25, 0.3) is 5.70 Å². The number of nitrogen functional groups attached to an aromatic ring is 1. The fourth-order valence-electron chi connectivity index (χ4n) is 5.60. The monoisotopic (exact) mass is 548 g/mol. The number of Topliss-reactive ketones (excluding diaryl/α,β-unsaturated/α-hetero) is 1. The van der Waals surface area contributed by atoms with Crippen molar-refractivity contribution in [3.05, 3.63) is 101 Å². The van der Waals surface area contributed by atoms with Gasteiger partial charge in [0.2, 0.25) is 0 Å². The number of likely N-dealkylation sites (tertiary alicyclic amines) is 2. The maximum Gasteiger partial charge on any atom is 0.253 e. The first kappa shape index (κ1) is 28.1. The van der Waals surface area contributed by atoms with Crippen molar-refractivity contribution in [2.75, 3.05) is 31.9 Å². The van der Waals surface area contributed by atoms with Crippen LogP contribution < -0.4 is 11.1 Å². The number of nitrogens with one attached hydrogen (secondary N) is 1. The molecule has 0 saturated carbocycles. The van der Waals surface area contributed by atoms with Gasteiger partial charge in [0, 0.05) is 62.1 Å². The molecule has 0 aliphatic carbocycles. The van der Waals surface area contributed by atoms with Crippen LogP contribution in [0.4, 0.5) is 5.69 Å². The fraction of sp³-hybridized carbons (Fsp3) is 0.333. The third-order valence-electron chi connectivity index (χ3n) is 8.18. The second-order valence-electron chi connectivity index (χ2n) is 11.0. The van der Waals surface area contributed by atoms with E-state index in [9.17, 15) is 9.59 Å². The molecule has 3 N–H and O–H groups in total. The number of piperidine rings is 2. The molecular weight excluding hydrogens is 512 g/mol. The number of pyridine rings is 1. The first-order chi connectivity index (χ1) is 19.9. The second kappa shape index (κ2) is 12.8. The zero-order valence-corrected chi connectivity index (χ0v) is 23.3. The SMILES string of the molecule is C=C(c1ccc(C(=O)NC2CCN(Cc3ccc(C#N)cc3)CC2)cn1)N1CCC(C(=O)c2ccc(N)cc2)CC1. The number of anilines is 1. The summed E-state index contributed by atoms with van der Waals surface area (Å²) in [7, 11) is 0. The van der Waals surface area contributed by atoms with Crippen molar-refractivity contribution in [2.24, 2.45) is 5.92 Å². The number of nitriles is 1. The van der Waals surface area contributed by atoms with Crippen LogP contribution in [0, 0.1) is 17.2 Å². The second-order valence-corrected chi connectivity index (χ2v) is 11.0. The number of benzene rings is 2. The lowest BCUT2D eigenvalue weighted by atomic mass is 9.88. The van der Waals surface area contributed by atoms with Crippen LogP contribution in [0.2, 0.25) is 0 Å². The topological polar surface area (TPSA) is 115 Å². The Bertz CT molecular complexity index is 1410. The quantitative estimate of drug-likeness (QED) is 0.315. The lowest BCUT2D eigenvalue weighted by molar-refractivity contribution is 0.0868. The highest BCUT2D eigenvalue weighted by molar-refractivity contribution is 5.98. The number of amides is 1. The fourth-order valence-corrected chi connectivity index (χ4v) is 5.60. The molecule has 2 fully saturated rings. The lowest BCUT2D eigenvalue weighted by Gasteiger charge is -2.34. The highest BCUT2D eigenvalue weighted by atomic mass is 16.1. The molecule has 8 nitrogen and oxygen atoms in total. The molecule has 2 saturated heterocycles. The molecule has 41 heavy (non-hydrogen) atoms. The zero-order chi connectivity index (χ0) is 28.8. The molecule has 0 bridgehead atoms. The molecule has 2 aliphatic rings. The summed E-state index contributed by atoms with van der Waals surface area (Å²) in [5.74, 6) is 0.0486. The van der Waals surface area contributed by atoms with Gasteiger partial charge < -0.3 is 16.0 Å². The molecule has 0 spiro atoms. The zero-order valence-electron chi connectivity index (χ0n) is 23.3. The summed E-state index contributed by atoms with van der Waals surface area (Å²) in [5.41, 5.74) is 11.1. The van der Waals surface area contributed by atoms with Crippen molar-refractivity contribution in [1.82, 2.24) is 20.1 Å². The number of carbonyl (C=O) groups excluding carboxylic acids is 2. The van der Waals surface area contributed by atoms with E-state index in [1.165, 1.54) is 5.56 Å². The molecule has 5 rings (SSSR count). The van der Waals surface area contributed by atoms with Gasteiger partial charge in [-0.05, 0) is 79.8 Å². The average Bonchev–Trinajstić information content (AvgIpc) is 3.02. The lowest BCUT2D eigenvalue weighted by Crippen LogP contribution is -2.44. The predicted molar refractivity (Wildman–Crippen MR) is 160 cm³/mol. The third-order valence-corrected chi connectivity index (χ3v) is 8.18. The standard InChI is InChI=1S/C33H36N6O2/c1-23(39-18-12-27(13-19-39)32(40)26-6-9-29(35)10-7-26)31-11-8-28(21-36-31)33(41)37-30-14-16-38(17-15-30)22-25-4-2-24(20-34)3-5-25/h2-11,21,27,30H,1,12-19,22,35H2,(H,37,41). The van der Waals surface area contributed by atoms with Gasteiger partial charge in [0.05, 0.1) is 28.6 Å². The molecule has 1 aromatic heterocycles. The van der Waals surface area contributed by atoms with Crippen LogP contribution in [-0.2, 0) is 6.54 Å². The molecule has 2 aromatic carbocycles. The van der Waals surface area contributed by atoms with E-state index in [0.29, 0.717) is 22.4 Å². The smallest absolute Gasteiger partial charge is 0.253 e. The van der Waals surface area contributed by atoms with Crippen LogP contribution in [0.3, 0.4) is 0 Å². The molecule has 0 radical (unpaired) electrons. The van der Waals surface area contributed by atoms with Crippen molar-refractivity contribution >= 4 is 23.1 Å². The summed E-state index contributed by atoms with van der Waals surface area (Å²) in [6.07, 6.45) is 4.92. The highest BCUT2D eigenvalue weighted by Gasteiger charge is 2.27. The van der Waals surface area contributed by atoms with Crippen LogP contribution >= 0.6 is 0 Å². The van der Waals surface area contributed by atoms with E-state index in [0.717, 1.165) is 69.8 Å². The third kappa shape index (κ3) is 7.00. The van der Waals surface area contributed by atoms with E-state index in [1.807, 2.05) is 30.3 Å². The van der Waals surface area contributed by atoms with E-state index in [-0.39, 0.29) is 23.7 Å². The van der Waals surface area contributed by atoms with Crippen LogP contribution in [-0.4, -0.2) is 58.7 Å². The van der Waals surface area contributed by atoms with Gasteiger partial charge in [0.15, 0.2) is 5.78 Å². The molecule has 8 heteroatoms. The first-order valence-corrected chi connectivity index (χ1v) is 14.2. The van der Waals surface area contributed by atoms with Crippen molar-refractivity contribution < 1.29 is 9.59 Å². The Morgan fingerprint density at radius 1 is 0.927 bits per heavy atom. The number of carbonyl (C=O) groups is 2. The molecule has 2 aliphatic heterocycles. The van der Waals surface area contributed by atoms with E-state index < -0.39 is 0 Å². The molecule has 0 unspecified atom stereocenters. The largest absolute Gasteiger partial charge is 0.399 e. The van der Waals surface area contributed by atoms with Gasteiger partial charge in [0.1, 0.15) is 0 Å². The Balaban J connectivity index is 1.07. The molecule has 0 atom stereocenters. The van der Waals surface area contributed by atoms with Crippen molar-refractivity contribution in [2.45, 2.75) is 38.3 Å². The molecule has 3 aromatic rings. The Morgan fingerprint density at radius 3 is 2.20 bits per heavy atom. The number of hydrogen-bond acceptors (Lipinski definition) is 7. The Morgan fingerprint density at radius 2 is 1.59 bits per heavy atom. The van der Waals surface area contributed by atoms with Crippen LogP contribution in [0.1, 0.15) is 63.2 Å². The Hall–Kier alpha value is -4.48. The minimum absolute atomic E-state index is 0.00968. The van der Waals surface area contributed by atoms with Gasteiger partial charge in [-0.3, -0.25) is 19.5 Å². The normalized spacial score (nSPS) is 16.6. The Labute approximate surface area is 241 Å². The summed E-state index contributed by atoms with van der Waals surface area (Å²) < 4.78 is 0. The minimum atomic E-state index is -0.109. The summed E-state index contributed by atoms with van der Waals surface area (Å²) in [6, 6.07) is 20.8. The van der Waals surface area contributed by atoms with Gasteiger partial charge in [0.25, 0.3) is 5.91 Å². The summed E-state index contributed by atoms with van der Waals surface area (Å²) in [6.45, 7) is 8.37. The van der Waals surface area contributed by atoms with E-state index in [1.54, 1.807) is 36.5 Å². The number of aromatic nitrogens is 1. The van der Waals surface area contributed by atoms with Crippen LogP contribution in [0.15, 0.2) is 73.4 Å². The van der Waals surface area contributed by atoms with E-state index in [2.05, 4.69) is 32.7 Å². The molecule has 3 heterocycles. The number of nitrogens with two attached hydrogens (primary N) is 1. The molecular formula is C33H36N6O2. The van der Waals surface area contributed by atoms with Gasteiger partial charge >= 0.3 is 0 Å². The van der Waals surface area contributed by atoms with Crippen molar-refractivity contribution in [3.63, 3.8) is 0 Å². The van der Waals surface area contributed by atoms with Gasteiger partial charge in [-0.1, -0.05) is 18.7 Å². The van der Waals surface area contributed by atoms with Gasteiger partial charge in [-0.2, -0.15) is 5.26 Å². The number of nitrogens with zero attached hydrogens (tertiary/aromatic N) is 4. The molecule has 1 amide bonds. The maximum absolute atomic E-state index is 12.9. The summed E-state index contributed by atoms with van der Waals surface area (Å²) in [5, 5.41) is 12.1. The molecule has 210 valence electrons. The van der Waals surface area contributed by atoms with Gasteiger partial charge in [-0.15, -0.1) is 0 Å². The predicted octanol–water partition coefficient (Wildman–Crippen LogP) is 4.50. The van der Waals surface area contributed by atoms with Crippen molar-refractivity contribution in [3.8, 4) is 6.07 Å². The summed E-state index contributed by atoms with van der Waals surface area (Å²) in [4.78, 5) is 34.9. The number of hydrogen-bond donors (Lipinski definition) is 2. The number of rotatable bonds is 8. The Kier molecular flexibility index (Phi) is 8.76. The number of ketones is 1. The minimum Gasteiger partial charge on any atom is -0.399 e. The van der Waals surface area contributed by atoms with E-state index >= 15 is 0 Å². The summed E-state index contributed by atoms with van der Waals surface area (Å²) >= 11 is 0.